The van der Waals surface area contributed by atoms with Crippen molar-refractivity contribution in [2.75, 3.05) is 14.2 Å². The lowest BCUT2D eigenvalue weighted by molar-refractivity contribution is 0.0603. The van der Waals surface area contributed by atoms with Crippen LogP contribution in [0.5, 0.6) is 5.75 Å². The lowest BCUT2D eigenvalue weighted by Gasteiger charge is -2.05. The van der Waals surface area contributed by atoms with E-state index in [1.165, 1.54) is 7.11 Å². The smallest absolute Gasteiger partial charge is 0.340 e. The third-order valence-electron chi connectivity index (χ3n) is 2.69. The van der Waals surface area contributed by atoms with Crippen LogP contribution in [0, 0.1) is 6.92 Å². The highest BCUT2D eigenvalue weighted by molar-refractivity contribution is 6.05. The van der Waals surface area contributed by atoms with Crippen molar-refractivity contribution in [3.8, 4) is 5.75 Å². The Morgan fingerprint density at radius 3 is 2.69 bits per heavy atom. The van der Waals surface area contributed by atoms with E-state index in [1.807, 2.05) is 19.1 Å². The van der Waals surface area contributed by atoms with Crippen LogP contribution in [0.4, 0.5) is 0 Å². The average molecular weight is 219 g/mol. The van der Waals surface area contributed by atoms with Gasteiger partial charge in [0.05, 0.1) is 25.3 Å². The van der Waals surface area contributed by atoms with Crippen molar-refractivity contribution < 1.29 is 14.3 Å². The molecule has 84 valence electrons. The number of nitrogens with one attached hydrogen (secondary N) is 1. The van der Waals surface area contributed by atoms with E-state index in [-0.39, 0.29) is 5.97 Å². The van der Waals surface area contributed by atoms with E-state index < -0.39 is 0 Å². The van der Waals surface area contributed by atoms with Crippen molar-refractivity contribution in [2.24, 2.45) is 0 Å². The number of aryl methyl sites for hydroxylation is 1. The number of fused-ring (bicyclic) bond motifs is 1. The molecule has 0 fully saturated rings. The summed E-state index contributed by atoms with van der Waals surface area (Å²) >= 11 is 0. The van der Waals surface area contributed by atoms with Gasteiger partial charge in [0.2, 0.25) is 0 Å². The molecule has 0 radical (unpaired) electrons. The quantitative estimate of drug-likeness (QED) is 0.788. The Morgan fingerprint density at radius 2 is 2.06 bits per heavy atom. The molecule has 2 rings (SSSR count). The monoisotopic (exact) mass is 219 g/mol. The summed E-state index contributed by atoms with van der Waals surface area (Å²) < 4.78 is 9.92. The molecular weight excluding hydrogens is 206 g/mol. The lowest BCUT2D eigenvalue weighted by Crippen LogP contribution is -1.99. The second-order valence-electron chi connectivity index (χ2n) is 3.51. The van der Waals surface area contributed by atoms with E-state index in [0.717, 1.165) is 22.2 Å². The standard InChI is InChI=1S/C12H13NO3/c1-7-10(15-2)5-4-8-9(12(14)16-3)6-13-11(7)8/h4-6,13H,1-3H3. The van der Waals surface area contributed by atoms with E-state index in [9.17, 15) is 4.79 Å². The van der Waals surface area contributed by atoms with Crippen molar-refractivity contribution in [3.63, 3.8) is 0 Å². The number of rotatable bonds is 2. The van der Waals surface area contributed by atoms with Crippen LogP contribution in [0.25, 0.3) is 10.9 Å². The van der Waals surface area contributed by atoms with Gasteiger partial charge in [-0.05, 0) is 19.1 Å². The SMILES string of the molecule is COC(=O)c1c[nH]c2c(C)c(OC)ccc12. The molecule has 1 heterocycles. The van der Waals surface area contributed by atoms with Gasteiger partial charge in [-0.15, -0.1) is 0 Å². The number of H-pyrrole nitrogens is 1. The second kappa shape index (κ2) is 3.89. The maximum atomic E-state index is 11.5. The van der Waals surface area contributed by atoms with E-state index in [0.29, 0.717) is 5.56 Å². The minimum Gasteiger partial charge on any atom is -0.496 e. The first-order valence-corrected chi connectivity index (χ1v) is 4.92. The van der Waals surface area contributed by atoms with Gasteiger partial charge in [-0.25, -0.2) is 4.79 Å². The number of carbonyl (C=O) groups is 1. The molecule has 0 atom stereocenters. The van der Waals surface area contributed by atoms with Crippen molar-refractivity contribution in [3.05, 3.63) is 29.5 Å². The van der Waals surface area contributed by atoms with Crippen molar-refractivity contribution >= 4 is 16.9 Å². The molecule has 0 saturated heterocycles. The molecule has 0 aliphatic heterocycles. The molecule has 4 nitrogen and oxygen atoms in total. The first-order valence-electron chi connectivity index (χ1n) is 4.92. The molecule has 2 aromatic rings. The van der Waals surface area contributed by atoms with Gasteiger partial charge < -0.3 is 14.5 Å². The highest BCUT2D eigenvalue weighted by atomic mass is 16.5. The van der Waals surface area contributed by atoms with E-state index in [4.69, 9.17) is 9.47 Å². The van der Waals surface area contributed by atoms with Gasteiger partial charge >= 0.3 is 5.97 Å². The Hall–Kier alpha value is -1.97. The number of methoxy groups -OCH3 is 2. The number of hydrogen-bond acceptors (Lipinski definition) is 3. The summed E-state index contributed by atoms with van der Waals surface area (Å²) in [6.45, 7) is 1.94. The van der Waals surface area contributed by atoms with E-state index >= 15 is 0 Å². The van der Waals surface area contributed by atoms with Crippen LogP contribution in [-0.4, -0.2) is 25.2 Å². The fourth-order valence-corrected chi connectivity index (χ4v) is 1.83. The van der Waals surface area contributed by atoms with E-state index in [2.05, 4.69) is 4.98 Å². The molecule has 1 aromatic carbocycles. The Bertz CT molecular complexity index is 542. The van der Waals surface area contributed by atoms with Gasteiger partial charge in [-0.3, -0.25) is 0 Å². The highest BCUT2D eigenvalue weighted by Gasteiger charge is 2.14. The Labute approximate surface area is 93.2 Å². The Morgan fingerprint density at radius 1 is 1.31 bits per heavy atom. The first-order chi connectivity index (χ1) is 7.69. The minimum absolute atomic E-state index is 0.337. The van der Waals surface area contributed by atoms with Crippen LogP contribution in [0.3, 0.4) is 0 Å². The predicted molar refractivity (Wildman–Crippen MR) is 60.9 cm³/mol. The van der Waals surface area contributed by atoms with Crippen LogP contribution < -0.4 is 4.74 Å². The topological polar surface area (TPSA) is 51.3 Å². The number of hydrogen-bond donors (Lipinski definition) is 1. The zero-order valence-electron chi connectivity index (χ0n) is 9.46. The van der Waals surface area contributed by atoms with Gasteiger partial charge in [0.1, 0.15) is 5.75 Å². The maximum Gasteiger partial charge on any atom is 0.340 e. The summed E-state index contributed by atoms with van der Waals surface area (Å²) in [6.07, 6.45) is 1.66. The first kappa shape index (κ1) is 10.5. The number of esters is 1. The zero-order chi connectivity index (χ0) is 11.7. The molecule has 16 heavy (non-hydrogen) atoms. The van der Waals surface area contributed by atoms with Gasteiger partial charge in [0.25, 0.3) is 0 Å². The van der Waals surface area contributed by atoms with Crippen LogP contribution in [-0.2, 0) is 4.74 Å². The Kier molecular flexibility index (Phi) is 2.56. The van der Waals surface area contributed by atoms with Gasteiger partial charge in [0.15, 0.2) is 0 Å². The predicted octanol–water partition coefficient (Wildman–Crippen LogP) is 2.27. The van der Waals surface area contributed by atoms with Crippen LogP contribution in [0.1, 0.15) is 15.9 Å². The number of aromatic amines is 1. The fraction of sp³-hybridized carbons (Fsp3) is 0.250. The summed E-state index contributed by atoms with van der Waals surface area (Å²) in [5.74, 6) is 0.460. The molecule has 1 aromatic heterocycles. The second-order valence-corrected chi connectivity index (χ2v) is 3.51. The molecular formula is C12H13NO3. The van der Waals surface area contributed by atoms with E-state index in [1.54, 1.807) is 13.3 Å². The van der Waals surface area contributed by atoms with Crippen molar-refractivity contribution in [1.29, 1.82) is 0 Å². The number of ether oxygens (including phenoxy) is 2. The molecule has 0 saturated carbocycles. The molecule has 1 N–H and O–H groups in total. The minimum atomic E-state index is -0.337. The molecule has 0 amide bonds. The van der Waals surface area contributed by atoms with Gasteiger partial charge in [-0.2, -0.15) is 0 Å². The number of benzene rings is 1. The number of aromatic nitrogens is 1. The van der Waals surface area contributed by atoms with Crippen molar-refractivity contribution in [2.45, 2.75) is 6.92 Å². The van der Waals surface area contributed by atoms with Crippen LogP contribution in [0.15, 0.2) is 18.3 Å². The largest absolute Gasteiger partial charge is 0.496 e. The Balaban J connectivity index is 2.67. The highest BCUT2D eigenvalue weighted by Crippen LogP contribution is 2.28. The zero-order valence-corrected chi connectivity index (χ0v) is 9.46. The number of carbonyl (C=O) groups excluding carboxylic acids is 1. The third-order valence-corrected chi connectivity index (χ3v) is 2.69. The van der Waals surface area contributed by atoms with Crippen LogP contribution in [0.2, 0.25) is 0 Å². The molecule has 0 spiro atoms. The van der Waals surface area contributed by atoms with Gasteiger partial charge in [0, 0.05) is 17.1 Å². The fourth-order valence-electron chi connectivity index (χ4n) is 1.83. The normalized spacial score (nSPS) is 10.4. The summed E-state index contributed by atoms with van der Waals surface area (Å²) in [4.78, 5) is 14.5. The molecule has 0 unspecified atom stereocenters. The maximum absolute atomic E-state index is 11.5. The summed E-state index contributed by atoms with van der Waals surface area (Å²) in [6, 6.07) is 3.70. The summed E-state index contributed by atoms with van der Waals surface area (Å²) in [7, 11) is 3.00. The average Bonchev–Trinajstić information content (AvgIpc) is 2.73. The molecule has 4 heteroatoms. The summed E-state index contributed by atoms with van der Waals surface area (Å²) in [5, 5.41) is 0.852. The van der Waals surface area contributed by atoms with Gasteiger partial charge in [-0.1, -0.05) is 0 Å². The van der Waals surface area contributed by atoms with Crippen LogP contribution >= 0.6 is 0 Å². The molecule has 0 bridgehead atoms. The molecule has 0 aliphatic carbocycles. The molecule has 0 aliphatic rings. The third kappa shape index (κ3) is 1.43. The van der Waals surface area contributed by atoms with Crippen molar-refractivity contribution in [1.82, 2.24) is 4.98 Å². The lowest BCUT2D eigenvalue weighted by atomic mass is 10.1. The summed E-state index contributed by atoms with van der Waals surface area (Å²) in [5.41, 5.74) is 2.43.